The fourth-order valence-electron chi connectivity index (χ4n) is 3.34. The highest BCUT2D eigenvalue weighted by Gasteiger charge is 2.21. The van der Waals surface area contributed by atoms with Crippen LogP contribution in [0.4, 0.5) is 0 Å². The monoisotopic (exact) mass is 365 g/mol. The second kappa shape index (κ2) is 8.25. The van der Waals surface area contributed by atoms with Crippen molar-refractivity contribution in [2.45, 2.75) is 45.1 Å². The van der Waals surface area contributed by atoms with Crippen molar-refractivity contribution < 1.29 is 4.79 Å². The van der Waals surface area contributed by atoms with Gasteiger partial charge in [-0.25, -0.2) is 4.79 Å². The Kier molecular flexibility index (Phi) is 5.79. The van der Waals surface area contributed by atoms with Crippen molar-refractivity contribution in [1.29, 1.82) is 0 Å². The van der Waals surface area contributed by atoms with Crippen LogP contribution in [0.25, 0.3) is 11.0 Å². The Hall–Kier alpha value is -2.82. The van der Waals surface area contributed by atoms with Gasteiger partial charge >= 0.3 is 5.69 Å². The van der Waals surface area contributed by atoms with Crippen LogP contribution < -0.4 is 11.0 Å². The molecule has 0 saturated heterocycles. The second-order valence-corrected chi connectivity index (χ2v) is 7.55. The molecule has 0 atom stereocenters. The number of nitrogens with zero attached hydrogens (tertiary/aromatic N) is 1. The number of rotatable bonds is 8. The quantitative estimate of drug-likeness (QED) is 0.599. The van der Waals surface area contributed by atoms with Gasteiger partial charge in [-0.1, -0.05) is 56.3 Å². The van der Waals surface area contributed by atoms with Crippen LogP contribution >= 0.6 is 0 Å². The molecule has 0 aliphatic rings. The number of carbonyl (C=O) groups is 1. The molecule has 1 heterocycles. The summed E-state index contributed by atoms with van der Waals surface area (Å²) in [6.45, 7) is 5.48. The maximum Gasteiger partial charge on any atom is 0.326 e. The molecule has 0 aliphatic heterocycles. The van der Waals surface area contributed by atoms with Gasteiger partial charge in [0, 0.05) is 19.5 Å². The molecule has 142 valence electrons. The van der Waals surface area contributed by atoms with E-state index >= 15 is 0 Å². The number of hydrogen-bond donors (Lipinski definition) is 2. The SMILES string of the molecule is CC(C)(CCC(=O)NCCCn1c(=O)[nH]c2ccccc21)c1ccccc1. The molecule has 3 aromatic rings. The fourth-order valence-corrected chi connectivity index (χ4v) is 3.34. The molecule has 0 bridgehead atoms. The molecule has 1 aromatic heterocycles. The van der Waals surface area contributed by atoms with Gasteiger partial charge in [0.2, 0.25) is 5.91 Å². The minimum absolute atomic E-state index is 0.0318. The number of nitrogens with one attached hydrogen (secondary N) is 2. The Morgan fingerprint density at radius 3 is 2.56 bits per heavy atom. The predicted octanol–water partition coefficient (Wildman–Crippen LogP) is 3.59. The van der Waals surface area contributed by atoms with Crippen LogP contribution in [0.15, 0.2) is 59.4 Å². The summed E-state index contributed by atoms with van der Waals surface area (Å²) in [7, 11) is 0. The molecule has 3 rings (SSSR count). The average molecular weight is 365 g/mol. The molecule has 0 aliphatic carbocycles. The third kappa shape index (κ3) is 4.67. The molecule has 0 unspecified atom stereocenters. The van der Waals surface area contributed by atoms with Crippen molar-refractivity contribution in [2.24, 2.45) is 0 Å². The highest BCUT2D eigenvalue weighted by Crippen LogP contribution is 2.27. The van der Waals surface area contributed by atoms with E-state index in [1.807, 2.05) is 42.5 Å². The Balaban J connectivity index is 1.45. The van der Waals surface area contributed by atoms with Gasteiger partial charge in [0.15, 0.2) is 0 Å². The molecular weight excluding hydrogens is 338 g/mol. The number of imidazole rings is 1. The van der Waals surface area contributed by atoms with Gasteiger partial charge in [0.05, 0.1) is 11.0 Å². The van der Waals surface area contributed by atoms with Gasteiger partial charge in [0.1, 0.15) is 0 Å². The number of amides is 1. The van der Waals surface area contributed by atoms with Crippen molar-refractivity contribution >= 4 is 16.9 Å². The van der Waals surface area contributed by atoms with Crippen LogP contribution in [0, 0.1) is 0 Å². The zero-order valence-corrected chi connectivity index (χ0v) is 16.0. The Labute approximate surface area is 159 Å². The average Bonchev–Trinajstić information content (AvgIpc) is 2.99. The molecule has 0 saturated carbocycles. The smallest absolute Gasteiger partial charge is 0.326 e. The van der Waals surface area contributed by atoms with E-state index < -0.39 is 0 Å². The summed E-state index contributed by atoms with van der Waals surface area (Å²) in [5.74, 6) is 0.0604. The van der Waals surface area contributed by atoms with Crippen LogP contribution in [0.3, 0.4) is 0 Å². The topological polar surface area (TPSA) is 66.9 Å². The Morgan fingerprint density at radius 2 is 1.78 bits per heavy atom. The first-order chi connectivity index (χ1) is 13.0. The summed E-state index contributed by atoms with van der Waals surface area (Å²) in [6.07, 6.45) is 2.01. The zero-order chi connectivity index (χ0) is 19.3. The van der Waals surface area contributed by atoms with Gasteiger partial charge < -0.3 is 10.3 Å². The number of benzene rings is 2. The third-order valence-corrected chi connectivity index (χ3v) is 5.09. The second-order valence-electron chi connectivity index (χ2n) is 7.55. The van der Waals surface area contributed by atoms with Gasteiger partial charge in [-0.3, -0.25) is 9.36 Å². The minimum atomic E-state index is -0.105. The first-order valence-corrected chi connectivity index (χ1v) is 9.47. The first-order valence-electron chi connectivity index (χ1n) is 9.47. The summed E-state index contributed by atoms with van der Waals surface area (Å²) in [5.41, 5.74) is 2.85. The van der Waals surface area contributed by atoms with E-state index in [1.165, 1.54) is 5.56 Å². The lowest BCUT2D eigenvalue weighted by molar-refractivity contribution is -0.121. The molecular formula is C22H27N3O2. The molecule has 2 aromatic carbocycles. The molecule has 5 nitrogen and oxygen atoms in total. The lowest BCUT2D eigenvalue weighted by atomic mass is 9.80. The zero-order valence-electron chi connectivity index (χ0n) is 16.0. The summed E-state index contributed by atoms with van der Waals surface area (Å²) in [5, 5.41) is 2.97. The van der Waals surface area contributed by atoms with Crippen molar-refractivity contribution in [3.05, 3.63) is 70.6 Å². The number of aromatic amines is 1. The summed E-state index contributed by atoms with van der Waals surface area (Å²) in [4.78, 5) is 27.1. The largest absolute Gasteiger partial charge is 0.356 e. The van der Waals surface area contributed by atoms with Gasteiger partial charge in [-0.2, -0.15) is 0 Å². The fraction of sp³-hybridized carbons (Fsp3) is 0.364. The Bertz CT molecular complexity index is 954. The van der Waals surface area contributed by atoms with Crippen LogP contribution in [0.5, 0.6) is 0 Å². The van der Waals surface area contributed by atoms with Gasteiger partial charge in [-0.15, -0.1) is 0 Å². The summed E-state index contributed by atoms with van der Waals surface area (Å²) >= 11 is 0. The molecule has 1 amide bonds. The number of carbonyl (C=O) groups excluding carboxylic acids is 1. The molecule has 27 heavy (non-hydrogen) atoms. The van der Waals surface area contributed by atoms with E-state index in [2.05, 4.69) is 36.3 Å². The van der Waals surface area contributed by atoms with E-state index in [0.29, 0.717) is 19.5 Å². The van der Waals surface area contributed by atoms with Gasteiger partial charge in [-0.05, 0) is 36.0 Å². The lowest BCUT2D eigenvalue weighted by Gasteiger charge is -2.25. The van der Waals surface area contributed by atoms with E-state index in [1.54, 1.807) is 4.57 Å². The van der Waals surface area contributed by atoms with Crippen LogP contribution in [0.2, 0.25) is 0 Å². The van der Waals surface area contributed by atoms with Crippen molar-refractivity contribution in [3.63, 3.8) is 0 Å². The number of fused-ring (bicyclic) bond motifs is 1. The van der Waals surface area contributed by atoms with Crippen molar-refractivity contribution in [3.8, 4) is 0 Å². The maximum atomic E-state index is 12.2. The third-order valence-electron chi connectivity index (χ3n) is 5.09. The normalized spacial score (nSPS) is 11.6. The van der Waals surface area contributed by atoms with Crippen molar-refractivity contribution in [2.75, 3.05) is 6.54 Å². The van der Waals surface area contributed by atoms with E-state index in [-0.39, 0.29) is 17.0 Å². The number of aryl methyl sites for hydroxylation is 1. The van der Waals surface area contributed by atoms with Crippen LogP contribution in [0.1, 0.15) is 38.7 Å². The van der Waals surface area contributed by atoms with E-state index in [4.69, 9.17) is 0 Å². The highest BCUT2D eigenvalue weighted by molar-refractivity contribution is 5.76. The molecule has 0 fully saturated rings. The van der Waals surface area contributed by atoms with Gasteiger partial charge in [0.25, 0.3) is 0 Å². The predicted molar refractivity (Wildman–Crippen MR) is 109 cm³/mol. The Morgan fingerprint density at radius 1 is 1.07 bits per heavy atom. The summed E-state index contributed by atoms with van der Waals surface area (Å²) in [6, 6.07) is 17.9. The van der Waals surface area contributed by atoms with Crippen molar-refractivity contribution in [1.82, 2.24) is 14.9 Å². The number of hydrogen-bond acceptors (Lipinski definition) is 2. The van der Waals surface area contributed by atoms with Crippen LogP contribution in [-0.2, 0) is 16.8 Å². The maximum absolute atomic E-state index is 12.2. The van der Waals surface area contributed by atoms with E-state index in [9.17, 15) is 9.59 Å². The van der Waals surface area contributed by atoms with E-state index in [0.717, 1.165) is 23.9 Å². The molecule has 0 radical (unpaired) electrons. The number of para-hydroxylation sites is 2. The number of aromatic nitrogens is 2. The lowest BCUT2D eigenvalue weighted by Crippen LogP contribution is -2.28. The van der Waals surface area contributed by atoms with Crippen LogP contribution in [-0.4, -0.2) is 22.0 Å². The summed E-state index contributed by atoms with van der Waals surface area (Å²) < 4.78 is 1.72. The molecule has 5 heteroatoms. The standard InChI is InChI=1S/C22H27N3O2/c1-22(2,17-9-4-3-5-10-17)14-13-20(26)23-15-8-16-25-19-12-7-6-11-18(19)24-21(25)27/h3-7,9-12H,8,13-16H2,1-2H3,(H,23,26)(H,24,27). The highest BCUT2D eigenvalue weighted by atomic mass is 16.2. The minimum Gasteiger partial charge on any atom is -0.356 e. The first kappa shape index (κ1) is 19.0. The molecule has 2 N–H and O–H groups in total. The molecule has 0 spiro atoms. The number of H-pyrrole nitrogens is 1.